The molecule has 2 N–H and O–H groups in total. The number of hydrogen-bond acceptors (Lipinski definition) is 4. The molecule has 1 heterocycles. The van der Waals surface area contributed by atoms with Crippen molar-refractivity contribution in [2.45, 2.75) is 40.8 Å². The van der Waals surface area contributed by atoms with Crippen LogP contribution in [0.2, 0.25) is 0 Å². The molecule has 0 aliphatic rings. The lowest BCUT2D eigenvalue weighted by Crippen LogP contribution is -2.23. The van der Waals surface area contributed by atoms with E-state index in [1.54, 1.807) is 36.1 Å². The second kappa shape index (κ2) is 11.9. The van der Waals surface area contributed by atoms with Crippen molar-refractivity contribution < 1.29 is 9.59 Å². The molecule has 0 bridgehead atoms. The molecule has 34 heavy (non-hydrogen) atoms. The van der Waals surface area contributed by atoms with Crippen molar-refractivity contribution in [2.75, 3.05) is 14.1 Å². The van der Waals surface area contributed by atoms with Crippen LogP contribution in [0.4, 0.5) is 0 Å². The summed E-state index contributed by atoms with van der Waals surface area (Å²) in [5.41, 5.74) is 4.99. The van der Waals surface area contributed by atoms with Crippen molar-refractivity contribution in [3.05, 3.63) is 88.7 Å². The first-order valence-corrected chi connectivity index (χ1v) is 11.0. The van der Waals surface area contributed by atoms with Gasteiger partial charge in [0.05, 0.1) is 24.7 Å². The topological polar surface area (TPSA) is 91.1 Å². The molecule has 7 heteroatoms. The lowest BCUT2D eigenvalue weighted by molar-refractivity contribution is -0.127. The van der Waals surface area contributed by atoms with Crippen molar-refractivity contribution >= 4 is 17.5 Å². The highest BCUT2D eigenvalue weighted by Gasteiger charge is 2.10. The Hall–Kier alpha value is -3.74. The molecule has 3 aromatic rings. The molecule has 1 aromatic heterocycles. The highest BCUT2D eigenvalue weighted by molar-refractivity contribution is 5.99. The van der Waals surface area contributed by atoms with Crippen LogP contribution in [0.15, 0.2) is 60.9 Å². The average molecular weight is 462 g/mol. The largest absolute Gasteiger partial charge is 0.349 e. The molecule has 2 aromatic carbocycles. The summed E-state index contributed by atoms with van der Waals surface area (Å²) in [7, 11) is 3.50. The summed E-state index contributed by atoms with van der Waals surface area (Å²) in [6, 6.07) is 15.6. The number of aromatic nitrogens is 2. The molecular formula is C27H35N5O2. The predicted octanol–water partition coefficient (Wildman–Crippen LogP) is 4.15. The van der Waals surface area contributed by atoms with Gasteiger partial charge in [-0.1, -0.05) is 69.8 Å². The molecule has 0 saturated heterocycles. The van der Waals surface area contributed by atoms with Crippen LogP contribution in [-0.2, 0) is 24.3 Å². The van der Waals surface area contributed by atoms with E-state index in [1.165, 1.54) is 0 Å². The number of nitrogens with zero attached hydrogens (tertiary/aromatic N) is 3. The fraction of sp³-hybridized carbons (Fsp3) is 0.333. The van der Waals surface area contributed by atoms with E-state index in [9.17, 15) is 9.59 Å². The number of carbonyl (C=O) groups excluding carboxylic acids is 2. The van der Waals surface area contributed by atoms with Gasteiger partial charge in [0.2, 0.25) is 5.91 Å². The summed E-state index contributed by atoms with van der Waals surface area (Å²) in [6.45, 7) is 4.95. The Morgan fingerprint density at radius 3 is 2.15 bits per heavy atom. The average Bonchev–Trinajstić information content (AvgIpc) is 3.27. The fourth-order valence-corrected chi connectivity index (χ4v) is 3.27. The number of rotatable bonds is 9. The van der Waals surface area contributed by atoms with E-state index in [1.807, 2.05) is 62.4 Å². The minimum atomic E-state index is -0.183. The van der Waals surface area contributed by atoms with Gasteiger partial charge in [-0.25, -0.2) is 0 Å². The van der Waals surface area contributed by atoms with Crippen molar-refractivity contribution in [1.82, 2.24) is 20.0 Å². The van der Waals surface area contributed by atoms with Crippen LogP contribution in [0, 0.1) is 11.3 Å². The Balaban J connectivity index is 0.00000408. The Morgan fingerprint density at radius 1 is 0.971 bits per heavy atom. The van der Waals surface area contributed by atoms with Crippen LogP contribution >= 0.6 is 0 Å². The van der Waals surface area contributed by atoms with Gasteiger partial charge in [-0.2, -0.15) is 5.10 Å². The van der Waals surface area contributed by atoms with Crippen LogP contribution in [0.5, 0.6) is 0 Å². The summed E-state index contributed by atoms with van der Waals surface area (Å²) in [5, 5.41) is 15.3. The van der Waals surface area contributed by atoms with Gasteiger partial charge in [-0.05, 0) is 28.2 Å². The second-order valence-corrected chi connectivity index (χ2v) is 8.66. The molecule has 0 atom stereocenters. The van der Waals surface area contributed by atoms with E-state index in [2.05, 4.69) is 10.4 Å². The van der Waals surface area contributed by atoms with Gasteiger partial charge in [0.15, 0.2) is 0 Å². The van der Waals surface area contributed by atoms with Gasteiger partial charge in [-0.3, -0.25) is 14.3 Å². The van der Waals surface area contributed by atoms with Crippen LogP contribution in [-0.4, -0.2) is 46.3 Å². The van der Waals surface area contributed by atoms with Gasteiger partial charge in [-0.15, -0.1) is 0 Å². The van der Waals surface area contributed by atoms with Crippen molar-refractivity contribution in [2.24, 2.45) is 5.92 Å². The lowest BCUT2D eigenvalue weighted by atomic mass is 9.99. The third-order valence-electron chi connectivity index (χ3n) is 5.41. The molecule has 0 aliphatic heterocycles. The van der Waals surface area contributed by atoms with Gasteiger partial charge < -0.3 is 15.6 Å². The molecule has 7 nitrogen and oxygen atoms in total. The zero-order valence-electron chi connectivity index (χ0n) is 19.6. The number of carbonyl (C=O) groups is 2. The zero-order valence-corrected chi connectivity index (χ0v) is 19.6. The molecule has 0 unspecified atom stereocenters. The monoisotopic (exact) mass is 461 g/mol. The first-order valence-electron chi connectivity index (χ1n) is 11.0. The Labute approximate surface area is 202 Å². The van der Waals surface area contributed by atoms with E-state index >= 15 is 0 Å². The normalized spacial score (nSPS) is 10.5. The zero-order chi connectivity index (χ0) is 24.0. The maximum absolute atomic E-state index is 12.5. The maximum atomic E-state index is 12.5. The maximum Gasteiger partial charge on any atom is 0.254 e. The minimum absolute atomic E-state index is 0. The van der Waals surface area contributed by atoms with E-state index in [-0.39, 0.29) is 25.2 Å². The number of amides is 2. The van der Waals surface area contributed by atoms with Crippen LogP contribution in [0.1, 0.15) is 53.9 Å². The smallest absolute Gasteiger partial charge is 0.254 e. The SMILES string of the molecule is C.CC(C)C(=N)c1ccc(CNC(=O)c2cnn(Cc3ccc(CC(=O)N(C)C)cc3)c2)cc1. The number of likely N-dealkylation sites (N-methyl/N-ethyl adjacent to an activating group) is 1. The van der Waals surface area contributed by atoms with Gasteiger partial charge in [0.25, 0.3) is 5.91 Å². The van der Waals surface area contributed by atoms with Gasteiger partial charge >= 0.3 is 0 Å². The van der Waals surface area contributed by atoms with Crippen molar-refractivity contribution in [3.63, 3.8) is 0 Å². The quantitative estimate of drug-likeness (QED) is 0.469. The highest BCUT2D eigenvalue weighted by atomic mass is 16.2. The van der Waals surface area contributed by atoms with Crippen molar-refractivity contribution in [3.8, 4) is 0 Å². The second-order valence-electron chi connectivity index (χ2n) is 8.66. The molecule has 0 aliphatic carbocycles. The standard InChI is InChI=1S/C26H31N5O2.CH4/c1-18(2)25(27)22-11-9-20(10-12-22)14-28-26(33)23-15-29-31(17-23)16-21-7-5-19(6-8-21)13-24(32)30(3)4;/h5-12,15,17-18,27H,13-14,16H2,1-4H3,(H,28,33);1H4. The summed E-state index contributed by atoms with van der Waals surface area (Å²) >= 11 is 0. The first kappa shape index (κ1) is 26.5. The van der Waals surface area contributed by atoms with E-state index < -0.39 is 0 Å². The molecule has 0 saturated carbocycles. The molecule has 2 amide bonds. The van der Waals surface area contributed by atoms with Gasteiger partial charge in [0, 0.05) is 32.5 Å². The predicted molar refractivity (Wildman–Crippen MR) is 136 cm³/mol. The highest BCUT2D eigenvalue weighted by Crippen LogP contribution is 2.11. The van der Waals surface area contributed by atoms with E-state index in [0.717, 1.165) is 22.3 Å². The third-order valence-corrected chi connectivity index (χ3v) is 5.41. The van der Waals surface area contributed by atoms with Gasteiger partial charge in [0.1, 0.15) is 0 Å². The van der Waals surface area contributed by atoms with Crippen LogP contribution < -0.4 is 5.32 Å². The Bertz CT molecular complexity index is 1110. The Kier molecular flexibility index (Phi) is 9.30. The first-order chi connectivity index (χ1) is 15.7. The van der Waals surface area contributed by atoms with E-state index in [4.69, 9.17) is 5.41 Å². The molecular weight excluding hydrogens is 426 g/mol. The minimum Gasteiger partial charge on any atom is -0.349 e. The summed E-state index contributed by atoms with van der Waals surface area (Å²) in [5.74, 6) is 0.0616. The molecule has 0 fully saturated rings. The number of nitrogens with one attached hydrogen (secondary N) is 2. The number of hydrogen-bond donors (Lipinski definition) is 2. The molecule has 3 rings (SSSR count). The molecule has 0 spiro atoms. The summed E-state index contributed by atoms with van der Waals surface area (Å²) in [4.78, 5) is 25.9. The third kappa shape index (κ3) is 7.13. The van der Waals surface area contributed by atoms with Crippen molar-refractivity contribution in [1.29, 1.82) is 5.41 Å². The fourth-order valence-electron chi connectivity index (χ4n) is 3.27. The van der Waals surface area contributed by atoms with Crippen LogP contribution in [0.3, 0.4) is 0 Å². The van der Waals surface area contributed by atoms with E-state index in [0.29, 0.717) is 30.8 Å². The Morgan fingerprint density at radius 2 is 1.56 bits per heavy atom. The lowest BCUT2D eigenvalue weighted by Gasteiger charge is -2.10. The summed E-state index contributed by atoms with van der Waals surface area (Å²) in [6.07, 6.45) is 3.67. The summed E-state index contributed by atoms with van der Waals surface area (Å²) < 4.78 is 1.72. The van der Waals surface area contributed by atoms with Crippen LogP contribution in [0.25, 0.3) is 0 Å². The molecule has 180 valence electrons. The molecule has 0 radical (unpaired) electrons. The number of benzene rings is 2.